The van der Waals surface area contributed by atoms with Crippen molar-refractivity contribution in [1.29, 1.82) is 0 Å². The summed E-state index contributed by atoms with van der Waals surface area (Å²) >= 11 is 0. The summed E-state index contributed by atoms with van der Waals surface area (Å²) in [5, 5.41) is 3.22. The highest BCUT2D eigenvalue weighted by molar-refractivity contribution is 5.22. The van der Waals surface area contributed by atoms with Crippen LogP contribution in [-0.2, 0) is 12.8 Å². The standard InChI is InChI=1S/C10H16N2O/c1-3-7(2)12-10(13)8-5-4-6-9(8)11-12/h7,11H,3-6H2,1-2H3. The van der Waals surface area contributed by atoms with Crippen molar-refractivity contribution in [2.75, 3.05) is 0 Å². The van der Waals surface area contributed by atoms with E-state index in [4.69, 9.17) is 0 Å². The maximum absolute atomic E-state index is 11.8. The minimum atomic E-state index is 0.210. The molecule has 1 heterocycles. The summed E-state index contributed by atoms with van der Waals surface area (Å²) in [5.74, 6) is 0. The molecule has 1 N–H and O–H groups in total. The molecule has 1 aliphatic carbocycles. The monoisotopic (exact) mass is 180 g/mol. The third kappa shape index (κ3) is 1.23. The molecular weight excluding hydrogens is 164 g/mol. The number of aromatic amines is 1. The minimum absolute atomic E-state index is 0.210. The normalized spacial score (nSPS) is 17.4. The van der Waals surface area contributed by atoms with Crippen LogP contribution in [-0.4, -0.2) is 9.78 Å². The van der Waals surface area contributed by atoms with Crippen molar-refractivity contribution in [3.8, 4) is 0 Å². The van der Waals surface area contributed by atoms with Gasteiger partial charge in [0.05, 0.1) is 6.04 Å². The Morgan fingerprint density at radius 2 is 2.31 bits per heavy atom. The van der Waals surface area contributed by atoms with E-state index >= 15 is 0 Å². The number of rotatable bonds is 2. The molecule has 1 aliphatic rings. The second-order valence-corrected chi connectivity index (χ2v) is 3.85. The van der Waals surface area contributed by atoms with E-state index in [-0.39, 0.29) is 5.56 Å². The molecule has 0 saturated heterocycles. The van der Waals surface area contributed by atoms with Crippen LogP contribution in [0, 0.1) is 0 Å². The van der Waals surface area contributed by atoms with Gasteiger partial charge in [0.1, 0.15) is 0 Å². The first-order valence-electron chi connectivity index (χ1n) is 5.06. The lowest BCUT2D eigenvalue weighted by atomic mass is 10.2. The van der Waals surface area contributed by atoms with E-state index in [1.54, 1.807) is 4.68 Å². The van der Waals surface area contributed by atoms with E-state index in [0.717, 1.165) is 31.2 Å². The lowest BCUT2D eigenvalue weighted by molar-refractivity contribution is 0.459. The van der Waals surface area contributed by atoms with Gasteiger partial charge in [-0.05, 0) is 32.6 Å². The van der Waals surface area contributed by atoms with Crippen LogP contribution in [0.3, 0.4) is 0 Å². The molecule has 13 heavy (non-hydrogen) atoms. The number of hydrogen-bond donors (Lipinski definition) is 1. The molecule has 1 unspecified atom stereocenters. The summed E-state index contributed by atoms with van der Waals surface area (Å²) in [6.45, 7) is 4.18. The zero-order valence-electron chi connectivity index (χ0n) is 8.26. The number of aryl methyl sites for hydroxylation is 1. The Balaban J connectivity index is 2.45. The van der Waals surface area contributed by atoms with Crippen molar-refractivity contribution in [2.24, 2.45) is 0 Å². The van der Waals surface area contributed by atoms with Crippen molar-refractivity contribution in [2.45, 2.75) is 45.6 Å². The Morgan fingerprint density at radius 1 is 1.54 bits per heavy atom. The SMILES string of the molecule is CCC(C)n1[nH]c2c(c1=O)CCC2. The van der Waals surface area contributed by atoms with Crippen molar-refractivity contribution in [1.82, 2.24) is 9.78 Å². The van der Waals surface area contributed by atoms with Gasteiger partial charge >= 0.3 is 0 Å². The van der Waals surface area contributed by atoms with Gasteiger partial charge in [-0.25, -0.2) is 4.68 Å². The van der Waals surface area contributed by atoms with Crippen LogP contribution in [0.2, 0.25) is 0 Å². The average molecular weight is 180 g/mol. The molecule has 1 aromatic heterocycles. The maximum Gasteiger partial charge on any atom is 0.270 e. The van der Waals surface area contributed by atoms with Crippen LogP contribution in [0.4, 0.5) is 0 Å². The fraction of sp³-hybridized carbons (Fsp3) is 0.700. The van der Waals surface area contributed by atoms with Gasteiger partial charge in [0, 0.05) is 11.3 Å². The molecule has 0 saturated carbocycles. The van der Waals surface area contributed by atoms with E-state index in [1.165, 1.54) is 5.69 Å². The summed E-state index contributed by atoms with van der Waals surface area (Å²) in [5.41, 5.74) is 2.41. The Morgan fingerprint density at radius 3 is 2.92 bits per heavy atom. The van der Waals surface area contributed by atoms with Crippen molar-refractivity contribution in [3.05, 3.63) is 21.6 Å². The smallest absolute Gasteiger partial charge is 0.270 e. The maximum atomic E-state index is 11.8. The van der Waals surface area contributed by atoms with E-state index in [1.807, 2.05) is 0 Å². The number of hydrogen-bond acceptors (Lipinski definition) is 1. The summed E-state index contributed by atoms with van der Waals surface area (Å²) < 4.78 is 1.78. The van der Waals surface area contributed by atoms with Crippen LogP contribution in [0.1, 0.15) is 44.0 Å². The third-order valence-corrected chi connectivity index (χ3v) is 2.98. The van der Waals surface area contributed by atoms with E-state index < -0.39 is 0 Å². The van der Waals surface area contributed by atoms with Gasteiger partial charge in [-0.15, -0.1) is 0 Å². The van der Waals surface area contributed by atoms with Gasteiger partial charge in [0.2, 0.25) is 0 Å². The minimum Gasteiger partial charge on any atom is -0.299 e. The van der Waals surface area contributed by atoms with E-state index in [9.17, 15) is 4.79 Å². The summed E-state index contributed by atoms with van der Waals surface area (Å²) in [6.07, 6.45) is 4.15. The lowest BCUT2D eigenvalue weighted by Crippen LogP contribution is -2.22. The highest BCUT2D eigenvalue weighted by Gasteiger charge is 2.20. The molecular formula is C10H16N2O. The molecule has 0 aromatic carbocycles. The number of nitrogens with zero attached hydrogens (tertiary/aromatic N) is 1. The van der Waals surface area contributed by atoms with E-state index in [2.05, 4.69) is 18.9 Å². The topological polar surface area (TPSA) is 37.8 Å². The predicted molar refractivity (Wildman–Crippen MR) is 52.1 cm³/mol. The van der Waals surface area contributed by atoms with Crippen LogP contribution in [0.15, 0.2) is 4.79 Å². The summed E-state index contributed by atoms with van der Waals surface area (Å²) in [6, 6.07) is 0.304. The van der Waals surface area contributed by atoms with Gasteiger partial charge < -0.3 is 0 Å². The molecule has 0 amide bonds. The molecule has 72 valence electrons. The molecule has 0 fully saturated rings. The first-order chi connectivity index (χ1) is 6.24. The van der Waals surface area contributed by atoms with Crippen molar-refractivity contribution >= 4 is 0 Å². The van der Waals surface area contributed by atoms with Gasteiger partial charge in [-0.2, -0.15) is 0 Å². The number of aromatic nitrogens is 2. The number of H-pyrrole nitrogens is 1. The van der Waals surface area contributed by atoms with Crippen LogP contribution >= 0.6 is 0 Å². The molecule has 0 aliphatic heterocycles. The Hall–Kier alpha value is -0.990. The first kappa shape index (κ1) is 8.60. The fourth-order valence-corrected chi connectivity index (χ4v) is 1.94. The van der Waals surface area contributed by atoms with Gasteiger partial charge in [0.15, 0.2) is 0 Å². The third-order valence-electron chi connectivity index (χ3n) is 2.98. The van der Waals surface area contributed by atoms with Gasteiger partial charge in [0.25, 0.3) is 5.56 Å². The van der Waals surface area contributed by atoms with Crippen molar-refractivity contribution in [3.63, 3.8) is 0 Å². The molecule has 0 spiro atoms. The number of fused-ring (bicyclic) bond motifs is 1. The summed E-state index contributed by atoms with van der Waals surface area (Å²) in [7, 11) is 0. The molecule has 0 bridgehead atoms. The Labute approximate surface area is 77.7 Å². The fourth-order valence-electron chi connectivity index (χ4n) is 1.94. The average Bonchev–Trinajstić information content (AvgIpc) is 2.68. The first-order valence-corrected chi connectivity index (χ1v) is 5.06. The number of nitrogens with one attached hydrogen (secondary N) is 1. The van der Waals surface area contributed by atoms with Crippen LogP contribution in [0.25, 0.3) is 0 Å². The molecule has 3 nitrogen and oxygen atoms in total. The second kappa shape index (κ2) is 3.05. The van der Waals surface area contributed by atoms with Crippen molar-refractivity contribution < 1.29 is 0 Å². The Bertz CT molecular complexity index is 361. The van der Waals surface area contributed by atoms with Gasteiger partial charge in [-0.1, -0.05) is 6.92 Å². The summed E-state index contributed by atoms with van der Waals surface area (Å²) in [4.78, 5) is 11.8. The van der Waals surface area contributed by atoms with Crippen LogP contribution < -0.4 is 5.56 Å². The quantitative estimate of drug-likeness (QED) is 0.738. The van der Waals surface area contributed by atoms with Gasteiger partial charge in [-0.3, -0.25) is 9.89 Å². The molecule has 1 aromatic rings. The predicted octanol–water partition coefficient (Wildman–Crippen LogP) is 1.64. The Kier molecular flexibility index (Phi) is 2.02. The van der Waals surface area contributed by atoms with Crippen LogP contribution in [0.5, 0.6) is 0 Å². The van der Waals surface area contributed by atoms with E-state index in [0.29, 0.717) is 6.04 Å². The lowest BCUT2D eigenvalue weighted by Gasteiger charge is -2.08. The highest BCUT2D eigenvalue weighted by Crippen LogP contribution is 2.18. The molecule has 2 rings (SSSR count). The zero-order chi connectivity index (χ0) is 9.42. The second-order valence-electron chi connectivity index (χ2n) is 3.85. The molecule has 1 atom stereocenters. The molecule has 3 heteroatoms. The molecule has 0 radical (unpaired) electrons. The highest BCUT2D eigenvalue weighted by atomic mass is 16.1. The zero-order valence-corrected chi connectivity index (χ0v) is 8.26. The largest absolute Gasteiger partial charge is 0.299 e.